The van der Waals surface area contributed by atoms with E-state index in [-0.39, 0.29) is 0 Å². The summed E-state index contributed by atoms with van der Waals surface area (Å²) in [4.78, 5) is 6.51. The lowest BCUT2D eigenvalue weighted by atomic mass is 10.0. The van der Waals surface area contributed by atoms with Gasteiger partial charge in [-0.15, -0.1) is 0 Å². The standard InChI is InChI=1S/C13H18N4/c1-17(12-4-2-3-11(12)9-15)13-7-10(8-14)5-6-16-13/h5-7,11-12H,2-4,9,15H2,1H3. The fourth-order valence-corrected chi connectivity index (χ4v) is 2.65. The minimum Gasteiger partial charge on any atom is -0.356 e. The van der Waals surface area contributed by atoms with Crippen molar-refractivity contribution in [1.29, 1.82) is 5.26 Å². The largest absolute Gasteiger partial charge is 0.356 e. The van der Waals surface area contributed by atoms with Crippen LogP contribution < -0.4 is 10.6 Å². The van der Waals surface area contributed by atoms with Crippen LogP contribution in [0.3, 0.4) is 0 Å². The van der Waals surface area contributed by atoms with Gasteiger partial charge >= 0.3 is 0 Å². The third-order valence-electron chi connectivity index (χ3n) is 3.66. The molecule has 2 N–H and O–H groups in total. The summed E-state index contributed by atoms with van der Waals surface area (Å²) >= 11 is 0. The lowest BCUT2D eigenvalue weighted by molar-refractivity contribution is 0.472. The zero-order chi connectivity index (χ0) is 12.3. The molecule has 0 bridgehead atoms. The molecule has 0 spiro atoms. The molecule has 0 amide bonds. The Kier molecular flexibility index (Phi) is 3.60. The maximum Gasteiger partial charge on any atom is 0.129 e. The average Bonchev–Trinajstić information content (AvgIpc) is 2.86. The first-order valence-corrected chi connectivity index (χ1v) is 6.05. The molecule has 1 aromatic heterocycles. The average molecular weight is 230 g/mol. The SMILES string of the molecule is CN(c1cc(C#N)ccn1)C1CCCC1CN. The van der Waals surface area contributed by atoms with E-state index < -0.39 is 0 Å². The highest BCUT2D eigenvalue weighted by Crippen LogP contribution is 2.30. The predicted octanol–water partition coefficient (Wildman–Crippen LogP) is 1.52. The van der Waals surface area contributed by atoms with Crippen molar-refractivity contribution in [2.45, 2.75) is 25.3 Å². The molecule has 0 radical (unpaired) electrons. The zero-order valence-electron chi connectivity index (χ0n) is 10.1. The van der Waals surface area contributed by atoms with Gasteiger partial charge in [-0.25, -0.2) is 4.98 Å². The zero-order valence-corrected chi connectivity index (χ0v) is 10.1. The number of hydrogen-bond acceptors (Lipinski definition) is 4. The Hall–Kier alpha value is -1.60. The molecular weight excluding hydrogens is 212 g/mol. The van der Waals surface area contributed by atoms with Gasteiger partial charge in [0.15, 0.2) is 0 Å². The van der Waals surface area contributed by atoms with Gasteiger partial charge in [0.25, 0.3) is 0 Å². The van der Waals surface area contributed by atoms with Gasteiger partial charge in [-0.05, 0) is 37.4 Å². The third-order valence-corrected chi connectivity index (χ3v) is 3.66. The van der Waals surface area contributed by atoms with E-state index in [4.69, 9.17) is 11.0 Å². The number of pyridine rings is 1. The van der Waals surface area contributed by atoms with Crippen LogP contribution in [0.15, 0.2) is 18.3 Å². The smallest absolute Gasteiger partial charge is 0.129 e. The molecular formula is C13H18N4. The molecule has 1 aliphatic rings. The summed E-state index contributed by atoms with van der Waals surface area (Å²) in [5.74, 6) is 1.42. The number of nitriles is 1. The van der Waals surface area contributed by atoms with Crippen LogP contribution in [0.5, 0.6) is 0 Å². The molecule has 1 heterocycles. The van der Waals surface area contributed by atoms with E-state index in [1.54, 1.807) is 12.3 Å². The van der Waals surface area contributed by atoms with E-state index in [2.05, 4.69) is 16.0 Å². The summed E-state index contributed by atoms with van der Waals surface area (Å²) in [6.45, 7) is 0.729. The summed E-state index contributed by atoms with van der Waals surface area (Å²) in [7, 11) is 2.04. The van der Waals surface area contributed by atoms with Crippen LogP contribution in [-0.2, 0) is 0 Å². The van der Waals surface area contributed by atoms with Gasteiger partial charge in [0.05, 0.1) is 11.6 Å². The van der Waals surface area contributed by atoms with E-state index in [0.717, 1.165) is 18.8 Å². The van der Waals surface area contributed by atoms with Crippen molar-refractivity contribution in [2.24, 2.45) is 11.7 Å². The minimum absolute atomic E-state index is 0.460. The van der Waals surface area contributed by atoms with Crippen LogP contribution in [0.2, 0.25) is 0 Å². The Labute approximate surface area is 102 Å². The van der Waals surface area contributed by atoms with Gasteiger partial charge in [-0.3, -0.25) is 0 Å². The molecule has 2 unspecified atom stereocenters. The Morgan fingerprint density at radius 1 is 1.59 bits per heavy atom. The third kappa shape index (κ3) is 2.40. The van der Waals surface area contributed by atoms with E-state index in [9.17, 15) is 0 Å². The van der Waals surface area contributed by atoms with Gasteiger partial charge in [0.2, 0.25) is 0 Å². The highest BCUT2D eigenvalue weighted by atomic mass is 15.2. The highest BCUT2D eigenvalue weighted by Gasteiger charge is 2.29. The first-order valence-electron chi connectivity index (χ1n) is 6.05. The molecule has 0 aliphatic heterocycles. The summed E-state index contributed by atoms with van der Waals surface area (Å²) in [5.41, 5.74) is 6.45. The fourth-order valence-electron chi connectivity index (χ4n) is 2.65. The molecule has 0 saturated heterocycles. The maximum absolute atomic E-state index is 8.89. The summed E-state index contributed by atoms with van der Waals surface area (Å²) in [6.07, 6.45) is 5.28. The molecule has 4 heteroatoms. The monoisotopic (exact) mass is 230 g/mol. The molecule has 2 atom stereocenters. The first-order chi connectivity index (χ1) is 8.26. The molecule has 1 saturated carbocycles. The van der Waals surface area contributed by atoms with Crippen molar-refractivity contribution >= 4 is 5.82 Å². The van der Waals surface area contributed by atoms with Crippen molar-refractivity contribution in [3.63, 3.8) is 0 Å². The van der Waals surface area contributed by atoms with Crippen molar-refractivity contribution in [2.75, 3.05) is 18.5 Å². The predicted molar refractivity (Wildman–Crippen MR) is 67.5 cm³/mol. The van der Waals surface area contributed by atoms with Gasteiger partial charge < -0.3 is 10.6 Å². The van der Waals surface area contributed by atoms with E-state index in [1.807, 2.05) is 13.1 Å². The molecule has 1 aliphatic carbocycles. The molecule has 90 valence electrons. The van der Waals surface area contributed by atoms with Crippen LogP contribution in [0, 0.1) is 17.2 Å². The van der Waals surface area contributed by atoms with Crippen LogP contribution in [0.25, 0.3) is 0 Å². The number of anilines is 1. The number of rotatable bonds is 3. The molecule has 2 rings (SSSR count). The quantitative estimate of drug-likeness (QED) is 0.855. The molecule has 1 fully saturated rings. The second kappa shape index (κ2) is 5.15. The van der Waals surface area contributed by atoms with Gasteiger partial charge in [0.1, 0.15) is 5.82 Å². The van der Waals surface area contributed by atoms with Crippen LogP contribution >= 0.6 is 0 Å². The second-order valence-corrected chi connectivity index (χ2v) is 4.62. The topological polar surface area (TPSA) is 65.9 Å². The number of nitrogens with zero attached hydrogens (tertiary/aromatic N) is 3. The molecule has 17 heavy (non-hydrogen) atoms. The minimum atomic E-state index is 0.460. The van der Waals surface area contributed by atoms with Crippen LogP contribution in [0.4, 0.5) is 5.82 Å². The second-order valence-electron chi connectivity index (χ2n) is 4.62. The Morgan fingerprint density at radius 3 is 3.12 bits per heavy atom. The van der Waals surface area contributed by atoms with E-state index in [1.165, 1.54) is 12.8 Å². The fraction of sp³-hybridized carbons (Fsp3) is 0.538. The maximum atomic E-state index is 8.89. The lowest BCUT2D eigenvalue weighted by Crippen LogP contribution is -2.38. The Balaban J connectivity index is 2.18. The lowest BCUT2D eigenvalue weighted by Gasteiger charge is -2.30. The summed E-state index contributed by atoms with van der Waals surface area (Å²) in [5, 5.41) is 8.89. The molecule has 0 aromatic carbocycles. The van der Waals surface area contributed by atoms with Crippen molar-refractivity contribution < 1.29 is 0 Å². The van der Waals surface area contributed by atoms with Gasteiger partial charge in [-0.1, -0.05) is 6.42 Å². The van der Waals surface area contributed by atoms with Crippen molar-refractivity contribution in [3.05, 3.63) is 23.9 Å². The van der Waals surface area contributed by atoms with Crippen molar-refractivity contribution in [1.82, 2.24) is 4.98 Å². The summed E-state index contributed by atoms with van der Waals surface area (Å²) < 4.78 is 0. The Bertz CT molecular complexity index is 424. The van der Waals surface area contributed by atoms with Gasteiger partial charge in [-0.2, -0.15) is 5.26 Å². The van der Waals surface area contributed by atoms with Crippen LogP contribution in [-0.4, -0.2) is 24.6 Å². The number of hydrogen-bond donors (Lipinski definition) is 1. The highest BCUT2D eigenvalue weighted by molar-refractivity contribution is 5.45. The normalized spacial score (nSPS) is 23.4. The van der Waals surface area contributed by atoms with Crippen molar-refractivity contribution in [3.8, 4) is 6.07 Å². The molecule has 4 nitrogen and oxygen atoms in total. The van der Waals surface area contributed by atoms with Gasteiger partial charge in [0, 0.05) is 19.3 Å². The van der Waals surface area contributed by atoms with Crippen LogP contribution in [0.1, 0.15) is 24.8 Å². The van der Waals surface area contributed by atoms with E-state index in [0.29, 0.717) is 17.5 Å². The summed E-state index contributed by atoms with van der Waals surface area (Å²) in [6, 6.07) is 6.17. The number of aromatic nitrogens is 1. The Morgan fingerprint density at radius 2 is 2.41 bits per heavy atom. The van der Waals surface area contributed by atoms with E-state index >= 15 is 0 Å². The first kappa shape index (κ1) is 11.9. The number of nitrogens with two attached hydrogens (primary N) is 1. The molecule has 1 aromatic rings.